The van der Waals surface area contributed by atoms with Crippen LogP contribution < -0.4 is 9.88 Å². The molecule has 2 rings (SSSR count). The molecule has 2 N–H and O–H groups in total. The Morgan fingerprint density at radius 3 is 2.38 bits per heavy atom. The molecule has 1 aromatic heterocycles. The Labute approximate surface area is 126 Å². The molecule has 0 atom stereocenters. The van der Waals surface area contributed by atoms with Gasteiger partial charge in [0.05, 0.1) is 18.1 Å². The number of ether oxygens (including phenoxy) is 1. The van der Waals surface area contributed by atoms with Crippen LogP contribution >= 0.6 is 0 Å². The highest BCUT2D eigenvalue weighted by atomic mass is 32.2. The minimum Gasteiger partial charge on any atom is -0.489 e. The Bertz CT molecular complexity index is 601. The summed E-state index contributed by atoms with van der Waals surface area (Å²) in [5, 5.41) is 9.60. The average molecular weight is 315 g/mol. The second-order valence-corrected chi connectivity index (χ2v) is 7.89. The van der Waals surface area contributed by atoms with Crippen molar-refractivity contribution in [3.05, 3.63) is 11.4 Å². The maximum atomic E-state index is 11.6. The molecule has 1 aromatic rings. The van der Waals surface area contributed by atoms with Gasteiger partial charge in [-0.3, -0.25) is 4.68 Å². The van der Waals surface area contributed by atoms with Gasteiger partial charge in [-0.05, 0) is 26.7 Å². The molecule has 0 spiro atoms. The van der Waals surface area contributed by atoms with Crippen LogP contribution in [0.1, 0.15) is 43.5 Å². The van der Waals surface area contributed by atoms with Gasteiger partial charge < -0.3 is 4.74 Å². The molecule has 120 valence electrons. The van der Waals surface area contributed by atoms with Crippen molar-refractivity contribution in [1.82, 2.24) is 9.78 Å². The first-order valence-corrected chi connectivity index (χ1v) is 9.07. The fraction of sp³-hybridized carbons (Fsp3) is 0.786. The maximum Gasteiger partial charge on any atom is 0.209 e. The lowest BCUT2D eigenvalue weighted by Crippen LogP contribution is -2.40. The molecule has 0 unspecified atom stereocenters. The average Bonchev–Trinajstić information content (AvgIpc) is 2.60. The van der Waals surface area contributed by atoms with E-state index >= 15 is 0 Å². The van der Waals surface area contributed by atoms with E-state index in [1.165, 1.54) is 0 Å². The largest absolute Gasteiger partial charge is 0.489 e. The van der Waals surface area contributed by atoms with Crippen LogP contribution in [-0.2, 0) is 17.1 Å². The van der Waals surface area contributed by atoms with Gasteiger partial charge >= 0.3 is 0 Å². The summed E-state index contributed by atoms with van der Waals surface area (Å²) in [6, 6.07) is 0. The molecule has 0 aliphatic heterocycles. The molecule has 0 amide bonds. The quantitative estimate of drug-likeness (QED) is 0.895. The molecular formula is C14H25N3O3S. The van der Waals surface area contributed by atoms with Crippen LogP contribution in [0.2, 0.25) is 0 Å². The van der Waals surface area contributed by atoms with E-state index in [2.05, 4.69) is 5.10 Å². The zero-order valence-electron chi connectivity index (χ0n) is 13.1. The van der Waals surface area contributed by atoms with Crippen molar-refractivity contribution in [2.24, 2.45) is 17.6 Å². The van der Waals surface area contributed by atoms with Crippen LogP contribution in [0.3, 0.4) is 0 Å². The summed E-state index contributed by atoms with van der Waals surface area (Å²) >= 11 is 0. The highest BCUT2D eigenvalue weighted by molar-refractivity contribution is 7.89. The van der Waals surface area contributed by atoms with Gasteiger partial charge in [0, 0.05) is 12.5 Å². The highest BCUT2D eigenvalue weighted by Gasteiger charge is 2.37. The van der Waals surface area contributed by atoms with Crippen molar-refractivity contribution in [3.63, 3.8) is 0 Å². The van der Waals surface area contributed by atoms with Gasteiger partial charge in [0.15, 0.2) is 5.75 Å². The molecule has 1 aliphatic carbocycles. The van der Waals surface area contributed by atoms with E-state index in [1.807, 2.05) is 20.9 Å². The standard InChI is InChI=1S/C14H25N3O3S/c1-11-13(12(2)17(3)16-11)20-9-14(10-21(15,18)19)7-5-4-6-8-14/h4-10H2,1-3H3,(H2,15,18,19). The maximum absolute atomic E-state index is 11.6. The monoisotopic (exact) mass is 315 g/mol. The minimum atomic E-state index is -3.50. The second-order valence-electron chi connectivity index (χ2n) is 6.28. The van der Waals surface area contributed by atoms with E-state index in [1.54, 1.807) is 4.68 Å². The van der Waals surface area contributed by atoms with Crippen molar-refractivity contribution in [2.75, 3.05) is 12.4 Å². The van der Waals surface area contributed by atoms with Crippen LogP contribution in [-0.4, -0.2) is 30.6 Å². The summed E-state index contributed by atoms with van der Waals surface area (Å²) in [4.78, 5) is 0. The predicted octanol–water partition coefficient (Wildman–Crippen LogP) is 1.65. The molecule has 1 fully saturated rings. The third-order valence-electron chi connectivity index (χ3n) is 4.39. The number of rotatable bonds is 5. The van der Waals surface area contributed by atoms with Crippen molar-refractivity contribution < 1.29 is 13.2 Å². The third-order valence-corrected chi connectivity index (χ3v) is 5.40. The Balaban J connectivity index is 2.16. The van der Waals surface area contributed by atoms with E-state index < -0.39 is 10.0 Å². The molecule has 21 heavy (non-hydrogen) atoms. The Kier molecular flexibility index (Phi) is 4.63. The lowest BCUT2D eigenvalue weighted by atomic mass is 9.76. The summed E-state index contributed by atoms with van der Waals surface area (Å²) in [5.74, 6) is 0.759. The molecule has 0 radical (unpaired) electrons. The number of sulfonamides is 1. The summed E-state index contributed by atoms with van der Waals surface area (Å²) in [6.45, 7) is 4.23. The predicted molar refractivity (Wildman–Crippen MR) is 81.7 cm³/mol. The van der Waals surface area contributed by atoms with Gasteiger partial charge in [-0.15, -0.1) is 0 Å². The van der Waals surface area contributed by atoms with Crippen molar-refractivity contribution in [3.8, 4) is 5.75 Å². The first-order chi connectivity index (χ1) is 9.72. The van der Waals surface area contributed by atoms with E-state index in [0.29, 0.717) is 6.61 Å². The number of nitrogens with two attached hydrogens (primary N) is 1. The first-order valence-electron chi connectivity index (χ1n) is 7.36. The molecule has 1 aliphatic rings. The van der Waals surface area contributed by atoms with Crippen LogP contribution in [0, 0.1) is 19.3 Å². The summed E-state index contributed by atoms with van der Waals surface area (Å²) < 4.78 is 30.9. The van der Waals surface area contributed by atoms with Gasteiger partial charge in [0.25, 0.3) is 0 Å². The fourth-order valence-electron chi connectivity index (χ4n) is 3.25. The fourth-order valence-corrected chi connectivity index (χ4v) is 4.47. The number of primary sulfonamides is 1. The van der Waals surface area contributed by atoms with Crippen LogP contribution in [0.25, 0.3) is 0 Å². The first kappa shape index (κ1) is 16.3. The summed E-state index contributed by atoms with van der Waals surface area (Å²) in [7, 11) is -1.63. The Hall–Kier alpha value is -1.08. The highest BCUT2D eigenvalue weighted by Crippen LogP contribution is 2.38. The topological polar surface area (TPSA) is 87.2 Å². The third kappa shape index (κ3) is 3.97. The Morgan fingerprint density at radius 1 is 1.29 bits per heavy atom. The van der Waals surface area contributed by atoms with Crippen molar-refractivity contribution in [2.45, 2.75) is 46.0 Å². The molecule has 1 saturated carbocycles. The van der Waals surface area contributed by atoms with Crippen molar-refractivity contribution >= 4 is 10.0 Å². The molecule has 1 heterocycles. The number of hydrogen-bond acceptors (Lipinski definition) is 4. The smallest absolute Gasteiger partial charge is 0.209 e. The lowest BCUT2D eigenvalue weighted by molar-refractivity contribution is 0.117. The number of aryl methyl sites for hydroxylation is 2. The van der Waals surface area contributed by atoms with Crippen LogP contribution in [0.15, 0.2) is 0 Å². The number of hydrogen-bond donors (Lipinski definition) is 1. The second kappa shape index (κ2) is 5.96. The van der Waals surface area contributed by atoms with Gasteiger partial charge in [0.2, 0.25) is 10.0 Å². The van der Waals surface area contributed by atoms with Crippen molar-refractivity contribution in [1.29, 1.82) is 0 Å². The van der Waals surface area contributed by atoms with Gasteiger partial charge in [-0.2, -0.15) is 5.10 Å². The molecular weight excluding hydrogens is 290 g/mol. The number of aromatic nitrogens is 2. The Morgan fingerprint density at radius 2 is 1.90 bits per heavy atom. The number of nitrogens with zero attached hydrogens (tertiary/aromatic N) is 2. The molecule has 0 bridgehead atoms. The SMILES string of the molecule is Cc1nn(C)c(C)c1OCC1(CS(N)(=O)=O)CCCCC1. The molecule has 0 saturated heterocycles. The minimum absolute atomic E-state index is 0.00163. The molecule has 0 aromatic carbocycles. The summed E-state index contributed by atoms with van der Waals surface area (Å²) in [6.07, 6.45) is 4.91. The zero-order chi connectivity index (χ0) is 15.7. The van der Waals surface area contributed by atoms with E-state index in [0.717, 1.165) is 49.2 Å². The van der Waals surface area contributed by atoms with Gasteiger partial charge in [-0.25, -0.2) is 13.6 Å². The molecule has 7 heteroatoms. The van der Waals surface area contributed by atoms with E-state index in [9.17, 15) is 8.42 Å². The zero-order valence-corrected chi connectivity index (χ0v) is 13.9. The lowest BCUT2D eigenvalue weighted by Gasteiger charge is -2.36. The van der Waals surface area contributed by atoms with E-state index in [-0.39, 0.29) is 11.2 Å². The van der Waals surface area contributed by atoms with Gasteiger partial charge in [-0.1, -0.05) is 19.3 Å². The van der Waals surface area contributed by atoms with Crippen LogP contribution in [0.4, 0.5) is 0 Å². The molecule has 6 nitrogen and oxygen atoms in total. The van der Waals surface area contributed by atoms with Crippen LogP contribution in [0.5, 0.6) is 5.75 Å². The normalized spacial score (nSPS) is 18.7. The van der Waals surface area contributed by atoms with Gasteiger partial charge in [0.1, 0.15) is 5.69 Å². The summed E-state index contributed by atoms with van der Waals surface area (Å²) in [5.41, 5.74) is 1.42. The van der Waals surface area contributed by atoms with E-state index in [4.69, 9.17) is 9.88 Å².